The number of thiophene rings is 1. The van der Waals surface area contributed by atoms with Crippen molar-refractivity contribution in [2.75, 3.05) is 0 Å². The molecule has 6 heteroatoms. The van der Waals surface area contributed by atoms with Crippen LogP contribution in [0.25, 0.3) is 54.3 Å². The van der Waals surface area contributed by atoms with Crippen LogP contribution in [0.5, 0.6) is 0 Å². The fraction of sp³-hybridized carbons (Fsp3) is 0.429. The van der Waals surface area contributed by atoms with Crippen LogP contribution in [0.15, 0.2) is 83.0 Å². The first kappa shape index (κ1) is 44.1. The Morgan fingerprint density at radius 3 is 2.16 bits per heavy atom. The first-order chi connectivity index (χ1) is 25.4. The molecule has 0 atom stereocenters. The van der Waals surface area contributed by atoms with Gasteiger partial charge in [0.25, 0.3) is 0 Å². The van der Waals surface area contributed by atoms with Crippen molar-refractivity contribution in [3.8, 4) is 22.4 Å². The van der Waals surface area contributed by atoms with Gasteiger partial charge in [0.1, 0.15) is 17.1 Å². The fourth-order valence-corrected chi connectivity index (χ4v) is 7.91. The number of fused-ring (bicyclic) bond motifs is 3. The van der Waals surface area contributed by atoms with E-state index in [1.165, 1.54) is 32.2 Å². The molecule has 0 amide bonds. The molecule has 0 aliphatic heterocycles. The Labute approximate surface area is 347 Å². The fourth-order valence-electron chi connectivity index (χ4n) is 6.92. The van der Waals surface area contributed by atoms with Crippen molar-refractivity contribution < 1.29 is 34.4 Å². The van der Waals surface area contributed by atoms with E-state index in [0.29, 0.717) is 5.92 Å². The number of allylic oxidation sites excluding steroid dienone is 2. The molecule has 0 fully saturated rings. The second-order valence-corrected chi connectivity index (χ2v) is 18.3. The van der Waals surface area contributed by atoms with Crippen molar-refractivity contribution in [3.63, 3.8) is 0 Å². The summed E-state index contributed by atoms with van der Waals surface area (Å²) < 4.78 is 7.47. The molecule has 3 aromatic carbocycles. The van der Waals surface area contributed by atoms with Crippen LogP contribution in [0.3, 0.4) is 0 Å². The van der Waals surface area contributed by atoms with Crippen LogP contribution in [-0.2, 0) is 36.7 Å². The zero-order chi connectivity index (χ0) is 39.6. The van der Waals surface area contributed by atoms with Crippen molar-refractivity contribution in [2.45, 2.75) is 121 Å². The normalized spacial score (nSPS) is 12.6. The predicted molar refractivity (Wildman–Crippen MR) is 232 cm³/mol. The quantitative estimate of drug-likeness (QED) is 0.0799. The molecule has 0 aliphatic rings. The number of carbonyl (C=O) groups excluding carboxylic acids is 1. The first-order valence-corrected chi connectivity index (χ1v) is 20.6. The van der Waals surface area contributed by atoms with Crippen LogP contribution in [0, 0.1) is 29.7 Å². The Balaban J connectivity index is 0.000000320. The molecule has 6 aromatic rings. The Hall–Kier alpha value is -3.57. The second-order valence-electron chi connectivity index (χ2n) is 17.0. The van der Waals surface area contributed by atoms with E-state index in [9.17, 15) is 9.90 Å². The van der Waals surface area contributed by atoms with E-state index in [1.54, 1.807) is 11.3 Å². The Bertz CT molecular complexity index is 2290. The number of nitrogens with zero attached hydrogens (tertiary/aromatic N) is 1. The van der Waals surface area contributed by atoms with E-state index >= 15 is 0 Å². The SMILES string of the molecule is CCC(C)(CC)C(=O)/C=C(\O)C(C)(CC)CC.Cc1cc2nc(-c3[c-]c4ccccc4c(C(C)(C)C)c3)cc(-c3ccc4cc(CC(C)C)oc4c3)c2s1.[Ir]. The molecule has 6 rings (SSSR count). The van der Waals surface area contributed by atoms with Crippen LogP contribution in [0.2, 0.25) is 0 Å². The van der Waals surface area contributed by atoms with E-state index in [0.717, 1.165) is 76.6 Å². The largest absolute Gasteiger partial charge is 0.512 e. The Kier molecular flexibility index (Phi) is 14.2. The topological polar surface area (TPSA) is 63.3 Å². The molecule has 0 bridgehead atoms. The van der Waals surface area contributed by atoms with Gasteiger partial charge in [-0.05, 0) is 73.3 Å². The van der Waals surface area contributed by atoms with E-state index in [2.05, 4.69) is 114 Å². The van der Waals surface area contributed by atoms with Gasteiger partial charge < -0.3 is 9.52 Å². The van der Waals surface area contributed by atoms with Crippen LogP contribution >= 0.6 is 11.3 Å². The monoisotopic (exact) mass is 935 g/mol. The van der Waals surface area contributed by atoms with E-state index < -0.39 is 0 Å². The number of aliphatic hydroxyl groups is 1. The molecule has 1 N–H and O–H groups in total. The van der Waals surface area contributed by atoms with Crippen LogP contribution in [0.1, 0.15) is 118 Å². The van der Waals surface area contributed by atoms with Gasteiger partial charge in [0, 0.05) is 59.4 Å². The van der Waals surface area contributed by atoms with Crippen molar-refractivity contribution in [2.24, 2.45) is 16.7 Å². The molecule has 3 aromatic heterocycles. The maximum atomic E-state index is 12.2. The van der Waals surface area contributed by atoms with Gasteiger partial charge in [-0.2, -0.15) is 0 Å². The number of aromatic nitrogens is 1. The Morgan fingerprint density at radius 2 is 1.55 bits per heavy atom. The van der Waals surface area contributed by atoms with Gasteiger partial charge in [0.15, 0.2) is 5.78 Å². The molecule has 1 radical (unpaired) electrons. The van der Waals surface area contributed by atoms with E-state index in [1.807, 2.05) is 41.5 Å². The maximum Gasteiger partial charge on any atom is 0.164 e. The number of hydrogen-bond donors (Lipinski definition) is 1. The third-order valence-electron chi connectivity index (χ3n) is 11.6. The van der Waals surface area contributed by atoms with Gasteiger partial charge in [0.2, 0.25) is 0 Å². The molecular weight excluding hydrogens is 875 g/mol. The summed E-state index contributed by atoms with van der Waals surface area (Å²) in [5.41, 5.74) is 7.05. The van der Waals surface area contributed by atoms with Crippen molar-refractivity contribution in [3.05, 3.63) is 101 Å². The summed E-state index contributed by atoms with van der Waals surface area (Å²) >= 11 is 1.80. The van der Waals surface area contributed by atoms with Gasteiger partial charge in [-0.25, -0.2) is 0 Å². The summed E-state index contributed by atoms with van der Waals surface area (Å²) in [5.74, 6) is 1.90. The number of rotatable bonds is 11. The van der Waals surface area contributed by atoms with Crippen LogP contribution in [-0.4, -0.2) is 15.9 Å². The summed E-state index contributed by atoms with van der Waals surface area (Å²) in [5, 5.41) is 13.7. The maximum absolute atomic E-state index is 12.2. The number of benzene rings is 3. The predicted octanol–water partition coefficient (Wildman–Crippen LogP) is 14.8. The van der Waals surface area contributed by atoms with Crippen molar-refractivity contribution in [1.29, 1.82) is 0 Å². The number of pyridine rings is 1. The average Bonchev–Trinajstić information content (AvgIpc) is 3.73. The molecule has 55 heavy (non-hydrogen) atoms. The number of aliphatic hydroxyl groups excluding tert-OH is 1. The first-order valence-electron chi connectivity index (χ1n) is 19.8. The second kappa shape index (κ2) is 17.7. The molecule has 0 aliphatic carbocycles. The third-order valence-corrected chi connectivity index (χ3v) is 12.6. The van der Waals surface area contributed by atoms with Gasteiger partial charge in [-0.15, -0.1) is 40.5 Å². The summed E-state index contributed by atoms with van der Waals surface area (Å²) in [6.45, 7) is 25.5. The van der Waals surface area contributed by atoms with Gasteiger partial charge in [-0.3, -0.25) is 9.78 Å². The molecular formula is C49H60IrNO3S-. The number of carbonyl (C=O) groups is 1. The molecule has 3 heterocycles. The molecule has 0 unspecified atom stereocenters. The van der Waals surface area contributed by atoms with E-state index in [4.69, 9.17) is 9.40 Å². The van der Waals surface area contributed by atoms with Crippen LogP contribution in [0.4, 0.5) is 0 Å². The van der Waals surface area contributed by atoms with Crippen molar-refractivity contribution in [1.82, 2.24) is 4.98 Å². The molecule has 4 nitrogen and oxygen atoms in total. The summed E-state index contributed by atoms with van der Waals surface area (Å²) in [6, 6.07) is 27.7. The Morgan fingerprint density at radius 1 is 0.891 bits per heavy atom. The standard InChI is InChI=1S/C34H32NOS.C15H28O2.Ir/c1-20(2)13-26-16-24-12-11-23(18-32(24)36-26)28-19-30(35-31-14-21(3)37-33(28)31)25-15-22-9-7-8-10-27(22)29(17-25)34(4,5)6;1-7-14(5,8-2)12(16)11-13(17)15(6,9-3)10-4;/h7-12,14,16-20H,13H2,1-6H3;11,16H,7-10H2,1-6H3;/q-1;;/b;12-11-;. The molecule has 0 spiro atoms. The van der Waals surface area contributed by atoms with E-state index in [-0.39, 0.29) is 47.9 Å². The average molecular weight is 935 g/mol. The number of hydrogen-bond acceptors (Lipinski definition) is 5. The number of aryl methyl sites for hydroxylation is 1. The minimum Gasteiger partial charge on any atom is -0.512 e. The van der Waals surface area contributed by atoms with Gasteiger partial charge >= 0.3 is 0 Å². The summed E-state index contributed by atoms with van der Waals surface area (Å²) in [7, 11) is 0. The zero-order valence-corrected chi connectivity index (χ0v) is 38.2. The minimum atomic E-state index is -0.337. The third kappa shape index (κ3) is 9.70. The minimum absolute atomic E-state index is 0. The molecule has 0 saturated carbocycles. The molecule has 295 valence electrons. The summed E-state index contributed by atoms with van der Waals surface area (Å²) in [4.78, 5) is 18.6. The van der Waals surface area contributed by atoms with Crippen LogP contribution < -0.4 is 0 Å². The van der Waals surface area contributed by atoms with Gasteiger partial charge in [0.05, 0.1) is 10.2 Å². The van der Waals surface area contributed by atoms with Crippen molar-refractivity contribution >= 4 is 49.1 Å². The summed E-state index contributed by atoms with van der Waals surface area (Å²) in [6.07, 6.45) is 5.70. The number of ketones is 1. The smallest absolute Gasteiger partial charge is 0.164 e. The zero-order valence-electron chi connectivity index (χ0n) is 35.0. The number of furan rings is 1. The molecule has 0 saturated heterocycles. The van der Waals surface area contributed by atoms with Gasteiger partial charge in [-0.1, -0.05) is 124 Å².